The zero-order chi connectivity index (χ0) is 22.0. The number of anilines is 1. The largest absolute Gasteiger partial charge is 0.497 e. The van der Waals surface area contributed by atoms with Gasteiger partial charge in [-0.25, -0.2) is 9.69 Å². The second-order valence-corrected chi connectivity index (χ2v) is 7.46. The molecule has 0 spiro atoms. The Morgan fingerprint density at radius 3 is 2.61 bits per heavy atom. The van der Waals surface area contributed by atoms with Crippen molar-refractivity contribution in [1.82, 2.24) is 15.2 Å². The summed E-state index contributed by atoms with van der Waals surface area (Å²) in [5.41, 5.74) is 2.72. The Morgan fingerprint density at radius 2 is 1.87 bits per heavy atom. The highest BCUT2D eigenvalue weighted by Gasteiger charge is 2.40. The molecule has 0 aliphatic carbocycles. The number of benzene rings is 2. The number of carbonyl (C=O) groups is 3. The van der Waals surface area contributed by atoms with Crippen LogP contribution in [0.5, 0.6) is 5.75 Å². The molecular weight excluding hydrogens is 396 g/mol. The van der Waals surface area contributed by atoms with Crippen LogP contribution in [-0.4, -0.2) is 42.1 Å². The topological polar surface area (TPSA) is 92.7 Å². The van der Waals surface area contributed by atoms with Crippen molar-refractivity contribution in [2.45, 2.75) is 18.9 Å². The number of aryl methyl sites for hydroxylation is 1. The maximum atomic E-state index is 12.7. The predicted molar refractivity (Wildman–Crippen MR) is 117 cm³/mol. The third-order valence-corrected chi connectivity index (χ3v) is 5.44. The lowest BCUT2D eigenvalue weighted by Crippen LogP contribution is -2.37. The fourth-order valence-electron chi connectivity index (χ4n) is 3.86. The Hall–Kier alpha value is -3.81. The zero-order valence-corrected chi connectivity index (χ0v) is 17.4. The van der Waals surface area contributed by atoms with Gasteiger partial charge in [-0.1, -0.05) is 18.2 Å². The quantitative estimate of drug-likeness (QED) is 0.574. The Labute approximate surface area is 179 Å². The maximum Gasteiger partial charge on any atom is 0.329 e. The second-order valence-electron chi connectivity index (χ2n) is 7.46. The molecule has 0 saturated carbocycles. The molecule has 4 amide bonds. The number of amides is 4. The summed E-state index contributed by atoms with van der Waals surface area (Å²) in [6.07, 6.45) is 2.63. The van der Waals surface area contributed by atoms with E-state index in [1.54, 1.807) is 24.3 Å². The van der Waals surface area contributed by atoms with E-state index >= 15 is 0 Å². The van der Waals surface area contributed by atoms with Crippen molar-refractivity contribution >= 4 is 34.4 Å². The van der Waals surface area contributed by atoms with E-state index < -0.39 is 18.0 Å². The summed E-state index contributed by atoms with van der Waals surface area (Å²) in [6, 6.07) is 13.3. The van der Waals surface area contributed by atoms with Gasteiger partial charge in [-0.3, -0.25) is 9.59 Å². The molecule has 8 nitrogen and oxygen atoms in total. The number of hydrogen-bond donors (Lipinski definition) is 2. The third-order valence-electron chi connectivity index (χ3n) is 5.44. The lowest BCUT2D eigenvalue weighted by Gasteiger charge is -2.13. The average molecular weight is 420 g/mol. The van der Waals surface area contributed by atoms with Crippen LogP contribution in [0, 0.1) is 0 Å². The van der Waals surface area contributed by atoms with E-state index in [0.717, 1.165) is 21.4 Å². The van der Waals surface area contributed by atoms with E-state index in [4.69, 9.17) is 4.74 Å². The smallest absolute Gasteiger partial charge is 0.329 e. The van der Waals surface area contributed by atoms with Crippen LogP contribution in [0.1, 0.15) is 12.0 Å². The number of aromatic nitrogens is 1. The van der Waals surface area contributed by atoms with Crippen LogP contribution in [0.2, 0.25) is 0 Å². The van der Waals surface area contributed by atoms with Crippen molar-refractivity contribution in [1.29, 1.82) is 0 Å². The minimum absolute atomic E-state index is 0.104. The molecule has 3 aromatic rings. The lowest BCUT2D eigenvalue weighted by molar-refractivity contribution is -0.125. The maximum absolute atomic E-state index is 12.7. The van der Waals surface area contributed by atoms with Crippen LogP contribution in [0.4, 0.5) is 10.5 Å². The molecule has 0 bridgehead atoms. The van der Waals surface area contributed by atoms with E-state index in [1.807, 2.05) is 19.2 Å². The van der Waals surface area contributed by atoms with E-state index in [2.05, 4.69) is 33.5 Å². The standard InChI is InChI=1S/C23H24N4O4/c1-26-14-15(18-5-3-4-6-20(18)26)11-12-24-21(28)13-19-22(29)27(23(30)25-19)16-7-9-17(31-2)10-8-16/h3-10,14,19H,11-13H2,1-2H3,(H,24,28)(H,25,30). The molecule has 1 fully saturated rings. The second kappa shape index (κ2) is 8.51. The molecule has 1 saturated heterocycles. The summed E-state index contributed by atoms with van der Waals surface area (Å²) in [5.74, 6) is -0.104. The number of carbonyl (C=O) groups excluding carboxylic acids is 3. The first kappa shape index (κ1) is 20.5. The first-order chi connectivity index (χ1) is 15.0. The van der Waals surface area contributed by atoms with E-state index in [0.29, 0.717) is 24.4 Å². The van der Waals surface area contributed by atoms with Gasteiger partial charge in [0.2, 0.25) is 5.91 Å². The molecule has 8 heteroatoms. The first-order valence-electron chi connectivity index (χ1n) is 10.1. The first-order valence-corrected chi connectivity index (χ1v) is 10.1. The number of imide groups is 1. The molecule has 1 aliphatic rings. The Balaban J connectivity index is 1.33. The molecule has 1 atom stereocenters. The van der Waals surface area contributed by atoms with E-state index in [1.165, 1.54) is 7.11 Å². The van der Waals surface area contributed by atoms with Crippen LogP contribution in [0.3, 0.4) is 0 Å². The Bertz CT molecular complexity index is 1140. The number of hydrogen-bond acceptors (Lipinski definition) is 4. The summed E-state index contributed by atoms with van der Waals surface area (Å²) in [4.78, 5) is 38.4. The van der Waals surface area contributed by atoms with Gasteiger partial charge in [0, 0.05) is 30.7 Å². The Morgan fingerprint density at radius 1 is 1.13 bits per heavy atom. The monoisotopic (exact) mass is 420 g/mol. The number of methoxy groups -OCH3 is 1. The lowest BCUT2D eigenvalue weighted by atomic mass is 10.1. The highest BCUT2D eigenvalue weighted by molar-refractivity contribution is 6.22. The molecule has 2 aromatic carbocycles. The van der Waals surface area contributed by atoms with Gasteiger partial charge >= 0.3 is 6.03 Å². The number of rotatable bonds is 7. The summed E-state index contributed by atoms with van der Waals surface area (Å²) < 4.78 is 7.16. The van der Waals surface area contributed by atoms with E-state index in [-0.39, 0.29) is 12.3 Å². The zero-order valence-electron chi connectivity index (χ0n) is 17.4. The minimum Gasteiger partial charge on any atom is -0.497 e. The van der Waals surface area contributed by atoms with Crippen LogP contribution < -0.4 is 20.3 Å². The van der Waals surface area contributed by atoms with Crippen LogP contribution >= 0.6 is 0 Å². The number of ether oxygens (including phenoxy) is 1. The van der Waals surface area contributed by atoms with Crippen molar-refractivity contribution in [2.75, 3.05) is 18.6 Å². The predicted octanol–water partition coefficient (Wildman–Crippen LogP) is 2.36. The average Bonchev–Trinajstić information content (AvgIpc) is 3.24. The molecule has 1 aliphatic heterocycles. The van der Waals surface area contributed by atoms with Gasteiger partial charge in [-0.15, -0.1) is 0 Å². The van der Waals surface area contributed by atoms with Gasteiger partial charge < -0.3 is 19.9 Å². The number of nitrogens with one attached hydrogen (secondary N) is 2. The third kappa shape index (κ3) is 4.09. The van der Waals surface area contributed by atoms with Gasteiger partial charge in [0.05, 0.1) is 19.2 Å². The van der Waals surface area contributed by atoms with Crippen molar-refractivity contribution in [3.8, 4) is 5.75 Å². The molecular formula is C23H24N4O4. The van der Waals surface area contributed by atoms with Gasteiger partial charge in [0.25, 0.3) is 5.91 Å². The number of para-hydroxylation sites is 1. The van der Waals surface area contributed by atoms with Crippen molar-refractivity contribution in [3.05, 3.63) is 60.3 Å². The highest BCUT2D eigenvalue weighted by Crippen LogP contribution is 2.23. The normalized spacial score (nSPS) is 15.9. The van der Waals surface area contributed by atoms with Crippen LogP contribution in [0.25, 0.3) is 10.9 Å². The summed E-state index contributed by atoms with van der Waals surface area (Å²) >= 11 is 0. The summed E-state index contributed by atoms with van der Waals surface area (Å²) in [7, 11) is 3.53. The van der Waals surface area contributed by atoms with Gasteiger partial charge in [0.15, 0.2) is 0 Å². The molecule has 0 radical (unpaired) electrons. The summed E-state index contributed by atoms with van der Waals surface area (Å²) in [6.45, 7) is 0.448. The number of nitrogens with zero attached hydrogens (tertiary/aromatic N) is 2. The van der Waals surface area contributed by atoms with Crippen LogP contribution in [0.15, 0.2) is 54.7 Å². The van der Waals surface area contributed by atoms with Gasteiger partial charge in [0.1, 0.15) is 11.8 Å². The minimum atomic E-state index is -0.882. The molecule has 31 heavy (non-hydrogen) atoms. The molecule has 160 valence electrons. The number of fused-ring (bicyclic) bond motifs is 1. The fraction of sp³-hybridized carbons (Fsp3) is 0.261. The molecule has 1 aromatic heterocycles. The Kier molecular flexibility index (Phi) is 5.62. The molecule has 2 N–H and O–H groups in total. The van der Waals surface area contributed by atoms with Crippen molar-refractivity contribution in [3.63, 3.8) is 0 Å². The fourth-order valence-corrected chi connectivity index (χ4v) is 3.86. The molecule has 2 heterocycles. The van der Waals surface area contributed by atoms with Gasteiger partial charge in [-0.2, -0.15) is 0 Å². The van der Waals surface area contributed by atoms with Crippen molar-refractivity contribution < 1.29 is 19.1 Å². The highest BCUT2D eigenvalue weighted by atomic mass is 16.5. The molecule has 1 unspecified atom stereocenters. The van der Waals surface area contributed by atoms with Crippen molar-refractivity contribution in [2.24, 2.45) is 7.05 Å². The van der Waals surface area contributed by atoms with E-state index in [9.17, 15) is 14.4 Å². The SMILES string of the molecule is COc1ccc(N2C(=O)NC(CC(=O)NCCc3cn(C)c4ccccc34)C2=O)cc1. The van der Waals surface area contributed by atoms with Gasteiger partial charge in [-0.05, 0) is 42.3 Å². The molecule has 4 rings (SSSR count). The summed E-state index contributed by atoms with van der Waals surface area (Å²) in [5, 5.41) is 6.60. The number of urea groups is 1. The van der Waals surface area contributed by atoms with Crippen LogP contribution in [-0.2, 0) is 23.1 Å².